The predicted octanol–water partition coefficient (Wildman–Crippen LogP) is 10.1. The lowest BCUT2D eigenvalue weighted by atomic mass is 10.1. The minimum Gasteiger partial charge on any atom is -0.240 e. The summed E-state index contributed by atoms with van der Waals surface area (Å²) in [5, 5.41) is 0. The Kier molecular flexibility index (Phi) is 34.8. The van der Waals surface area contributed by atoms with Crippen molar-refractivity contribution in [3.63, 3.8) is 0 Å². The largest absolute Gasteiger partial charge is 0.240 e. The second kappa shape index (κ2) is 33.0. The Balaban J connectivity index is 0. The molecular formula is C28H56O2. The fourth-order valence-electron chi connectivity index (χ4n) is 3.28. The molecule has 0 unspecified atom stereocenters. The maximum Gasteiger partial charge on any atom is 0.0822 e. The van der Waals surface area contributed by atoms with E-state index in [-0.39, 0.29) is 0 Å². The summed E-state index contributed by atoms with van der Waals surface area (Å²) in [5.74, 6) is 0. The molecule has 0 fully saturated rings. The third kappa shape index (κ3) is 34.9. The Morgan fingerprint density at radius 1 is 0.467 bits per heavy atom. The lowest BCUT2D eigenvalue weighted by molar-refractivity contribution is -0.272. The van der Waals surface area contributed by atoms with Gasteiger partial charge in [-0.05, 0) is 44.9 Å². The molecular weight excluding hydrogens is 368 g/mol. The standard InChI is InChI=1S/C18H34.C10H22O2/c1-3-5-7-9-11-13-15-17-18-16-14-12-10-8-6-4-2;1-3-4-5-6-7-8-9-10-12-11-2/h5,7,10,12H,3-4,6,8-9,11,13-18H2,1-2H3;3-10H2,1-2H3/b7-5-,12-10+;. The molecule has 0 aliphatic rings. The van der Waals surface area contributed by atoms with Crippen molar-refractivity contribution in [2.45, 2.75) is 143 Å². The zero-order chi connectivity index (χ0) is 22.4. The molecule has 0 saturated heterocycles. The molecule has 30 heavy (non-hydrogen) atoms. The molecule has 0 atom stereocenters. The molecule has 0 aliphatic heterocycles. The molecule has 0 N–H and O–H groups in total. The minimum atomic E-state index is 0.740. The summed E-state index contributed by atoms with van der Waals surface area (Å²) in [6.07, 6.45) is 34.8. The highest BCUT2D eigenvalue weighted by atomic mass is 17.2. The first-order valence-electron chi connectivity index (χ1n) is 13.3. The highest BCUT2D eigenvalue weighted by Gasteiger charge is 1.91. The van der Waals surface area contributed by atoms with Crippen LogP contribution in [0.5, 0.6) is 0 Å². The molecule has 0 saturated carbocycles. The molecule has 0 bridgehead atoms. The molecule has 0 aromatic carbocycles. The van der Waals surface area contributed by atoms with Gasteiger partial charge in [-0.1, -0.05) is 122 Å². The SMILES string of the molecule is CC/C=C\CCCCCCCC/C=C/CCCC.CCCCCCCCCOOC. The molecule has 0 heterocycles. The predicted molar refractivity (Wildman–Crippen MR) is 136 cm³/mol. The van der Waals surface area contributed by atoms with E-state index in [4.69, 9.17) is 4.89 Å². The second-order valence-corrected chi connectivity index (χ2v) is 8.30. The molecule has 0 aliphatic carbocycles. The summed E-state index contributed by atoms with van der Waals surface area (Å²) in [4.78, 5) is 9.25. The Morgan fingerprint density at radius 3 is 1.40 bits per heavy atom. The van der Waals surface area contributed by atoms with Crippen LogP contribution in [0.4, 0.5) is 0 Å². The van der Waals surface area contributed by atoms with E-state index in [0.717, 1.165) is 13.0 Å². The van der Waals surface area contributed by atoms with E-state index < -0.39 is 0 Å². The van der Waals surface area contributed by atoms with Crippen molar-refractivity contribution < 1.29 is 9.78 Å². The van der Waals surface area contributed by atoms with E-state index in [0.29, 0.717) is 0 Å². The van der Waals surface area contributed by atoms with Gasteiger partial charge in [-0.2, -0.15) is 0 Å². The Bertz CT molecular complexity index is 313. The third-order valence-corrected chi connectivity index (χ3v) is 5.23. The highest BCUT2D eigenvalue weighted by Crippen LogP contribution is 2.10. The molecule has 180 valence electrons. The third-order valence-electron chi connectivity index (χ3n) is 5.23. The van der Waals surface area contributed by atoms with E-state index in [1.54, 1.807) is 7.11 Å². The van der Waals surface area contributed by atoms with Crippen LogP contribution in [-0.4, -0.2) is 13.7 Å². The highest BCUT2D eigenvalue weighted by molar-refractivity contribution is 4.81. The zero-order valence-electron chi connectivity index (χ0n) is 21.3. The summed E-state index contributed by atoms with van der Waals surface area (Å²) < 4.78 is 0. The normalized spacial score (nSPS) is 11.3. The lowest BCUT2D eigenvalue weighted by Crippen LogP contribution is -1.92. The monoisotopic (exact) mass is 424 g/mol. The van der Waals surface area contributed by atoms with Crippen LogP contribution >= 0.6 is 0 Å². The van der Waals surface area contributed by atoms with Gasteiger partial charge in [0.2, 0.25) is 0 Å². The van der Waals surface area contributed by atoms with Crippen molar-refractivity contribution in [2.75, 3.05) is 13.7 Å². The van der Waals surface area contributed by atoms with Crippen molar-refractivity contribution in [1.82, 2.24) is 0 Å². The molecule has 0 aromatic rings. The molecule has 0 amide bonds. The number of hydrogen-bond acceptors (Lipinski definition) is 2. The van der Waals surface area contributed by atoms with Gasteiger partial charge in [0.25, 0.3) is 0 Å². The molecule has 0 aromatic heterocycles. The van der Waals surface area contributed by atoms with Crippen molar-refractivity contribution >= 4 is 0 Å². The maximum atomic E-state index is 4.76. The minimum absolute atomic E-state index is 0.740. The van der Waals surface area contributed by atoms with Gasteiger partial charge in [-0.15, -0.1) is 0 Å². The first kappa shape index (κ1) is 31.6. The van der Waals surface area contributed by atoms with Crippen molar-refractivity contribution in [3.05, 3.63) is 24.3 Å². The van der Waals surface area contributed by atoms with E-state index in [2.05, 4.69) is 50.0 Å². The first-order chi connectivity index (χ1) is 14.8. The van der Waals surface area contributed by atoms with Gasteiger partial charge >= 0.3 is 0 Å². The maximum absolute atomic E-state index is 4.76. The van der Waals surface area contributed by atoms with Gasteiger partial charge < -0.3 is 0 Å². The van der Waals surface area contributed by atoms with Crippen LogP contribution in [-0.2, 0) is 9.78 Å². The van der Waals surface area contributed by atoms with Crippen molar-refractivity contribution in [3.8, 4) is 0 Å². The van der Waals surface area contributed by atoms with Gasteiger partial charge in [0.05, 0.1) is 13.7 Å². The first-order valence-corrected chi connectivity index (χ1v) is 13.3. The summed E-state index contributed by atoms with van der Waals surface area (Å²) in [6, 6.07) is 0. The smallest absolute Gasteiger partial charge is 0.0822 e. The van der Waals surface area contributed by atoms with E-state index in [1.165, 1.54) is 116 Å². The summed E-state index contributed by atoms with van der Waals surface area (Å²) >= 11 is 0. The van der Waals surface area contributed by atoms with E-state index in [9.17, 15) is 0 Å². The van der Waals surface area contributed by atoms with Crippen LogP contribution in [0, 0.1) is 0 Å². The summed E-state index contributed by atoms with van der Waals surface area (Å²) in [7, 11) is 1.56. The fourth-order valence-corrected chi connectivity index (χ4v) is 3.28. The van der Waals surface area contributed by atoms with Crippen LogP contribution in [0.25, 0.3) is 0 Å². The Morgan fingerprint density at radius 2 is 0.900 bits per heavy atom. The van der Waals surface area contributed by atoms with Crippen LogP contribution in [0.15, 0.2) is 24.3 Å². The van der Waals surface area contributed by atoms with Gasteiger partial charge in [0.15, 0.2) is 0 Å². The van der Waals surface area contributed by atoms with Crippen LogP contribution in [0.3, 0.4) is 0 Å². The van der Waals surface area contributed by atoms with Crippen molar-refractivity contribution in [1.29, 1.82) is 0 Å². The molecule has 0 radical (unpaired) electrons. The average Bonchev–Trinajstić information content (AvgIpc) is 2.76. The Hall–Kier alpha value is -0.600. The average molecular weight is 425 g/mol. The van der Waals surface area contributed by atoms with Gasteiger partial charge in [0.1, 0.15) is 0 Å². The van der Waals surface area contributed by atoms with Crippen molar-refractivity contribution in [2.24, 2.45) is 0 Å². The number of rotatable bonds is 22. The van der Waals surface area contributed by atoms with Gasteiger partial charge in [-0.25, -0.2) is 9.78 Å². The second-order valence-electron chi connectivity index (χ2n) is 8.30. The summed E-state index contributed by atoms with van der Waals surface area (Å²) in [5.41, 5.74) is 0. The van der Waals surface area contributed by atoms with E-state index in [1.807, 2.05) is 0 Å². The fraction of sp³-hybridized carbons (Fsp3) is 0.857. The van der Waals surface area contributed by atoms with Gasteiger partial charge in [0, 0.05) is 0 Å². The number of hydrogen-bond donors (Lipinski definition) is 0. The Labute approximate surface area is 190 Å². The molecule has 0 spiro atoms. The van der Waals surface area contributed by atoms with E-state index >= 15 is 0 Å². The quantitative estimate of drug-likeness (QED) is 0.0744. The topological polar surface area (TPSA) is 18.5 Å². The number of allylic oxidation sites excluding steroid dienone is 4. The van der Waals surface area contributed by atoms with Crippen LogP contribution in [0.2, 0.25) is 0 Å². The molecule has 2 heteroatoms. The van der Waals surface area contributed by atoms with Crippen LogP contribution in [0.1, 0.15) is 143 Å². The molecule has 2 nitrogen and oxygen atoms in total. The summed E-state index contributed by atoms with van der Waals surface area (Å²) in [6.45, 7) is 7.44. The van der Waals surface area contributed by atoms with Crippen LogP contribution < -0.4 is 0 Å². The molecule has 0 rings (SSSR count). The van der Waals surface area contributed by atoms with Gasteiger partial charge in [-0.3, -0.25) is 0 Å². The number of unbranched alkanes of at least 4 members (excludes halogenated alkanes) is 15. The lowest BCUT2D eigenvalue weighted by Gasteiger charge is -2.00. The zero-order valence-corrected chi connectivity index (χ0v) is 21.3.